The maximum atomic E-state index is 13.2. The monoisotopic (exact) mass is 383 g/mol. The SMILES string of the molecule is COc1cccc(CCNc2ccc(NC(=O)c3ccc(F)c(F)c3)nc2)c1. The van der Waals surface area contributed by atoms with Crippen molar-refractivity contribution < 1.29 is 18.3 Å². The van der Waals surface area contributed by atoms with E-state index in [1.165, 1.54) is 6.07 Å². The van der Waals surface area contributed by atoms with Crippen molar-refractivity contribution in [1.29, 1.82) is 0 Å². The number of methoxy groups -OCH3 is 1. The maximum Gasteiger partial charge on any atom is 0.256 e. The van der Waals surface area contributed by atoms with E-state index in [4.69, 9.17) is 4.74 Å². The van der Waals surface area contributed by atoms with Crippen molar-refractivity contribution in [3.63, 3.8) is 0 Å². The van der Waals surface area contributed by atoms with Crippen LogP contribution < -0.4 is 15.4 Å². The smallest absolute Gasteiger partial charge is 0.256 e. The van der Waals surface area contributed by atoms with Crippen molar-refractivity contribution in [2.45, 2.75) is 6.42 Å². The minimum absolute atomic E-state index is 0.0150. The quantitative estimate of drug-likeness (QED) is 0.639. The molecule has 0 saturated heterocycles. The second kappa shape index (κ2) is 8.94. The van der Waals surface area contributed by atoms with Crippen LogP contribution in [0.3, 0.4) is 0 Å². The van der Waals surface area contributed by atoms with Gasteiger partial charge < -0.3 is 15.4 Å². The van der Waals surface area contributed by atoms with Crippen LogP contribution in [0.25, 0.3) is 0 Å². The Bertz CT molecular complexity index is 962. The molecule has 0 aliphatic heterocycles. The Morgan fingerprint density at radius 3 is 2.64 bits per heavy atom. The van der Waals surface area contributed by atoms with Crippen molar-refractivity contribution in [3.8, 4) is 5.75 Å². The number of rotatable bonds is 7. The second-order valence-electron chi connectivity index (χ2n) is 6.04. The van der Waals surface area contributed by atoms with E-state index in [-0.39, 0.29) is 5.56 Å². The van der Waals surface area contributed by atoms with Crippen molar-refractivity contribution >= 4 is 17.4 Å². The van der Waals surface area contributed by atoms with Crippen LogP contribution in [0.15, 0.2) is 60.8 Å². The molecule has 2 N–H and O–H groups in total. The van der Waals surface area contributed by atoms with Gasteiger partial charge in [-0.15, -0.1) is 0 Å². The van der Waals surface area contributed by atoms with Gasteiger partial charge in [-0.1, -0.05) is 12.1 Å². The number of aromatic nitrogens is 1. The minimum Gasteiger partial charge on any atom is -0.497 e. The van der Waals surface area contributed by atoms with Gasteiger partial charge in [0.05, 0.1) is 19.0 Å². The molecule has 0 bridgehead atoms. The number of benzene rings is 2. The Morgan fingerprint density at radius 2 is 1.93 bits per heavy atom. The van der Waals surface area contributed by atoms with E-state index in [1.54, 1.807) is 25.4 Å². The van der Waals surface area contributed by atoms with Crippen molar-refractivity contribution in [2.75, 3.05) is 24.3 Å². The largest absolute Gasteiger partial charge is 0.497 e. The average molecular weight is 383 g/mol. The Hall–Kier alpha value is -3.48. The number of nitrogens with zero attached hydrogens (tertiary/aromatic N) is 1. The average Bonchev–Trinajstić information content (AvgIpc) is 2.71. The van der Waals surface area contributed by atoms with E-state index in [2.05, 4.69) is 15.6 Å². The van der Waals surface area contributed by atoms with Gasteiger partial charge in [-0.3, -0.25) is 4.79 Å². The number of nitrogens with one attached hydrogen (secondary N) is 2. The van der Waals surface area contributed by atoms with Crippen molar-refractivity contribution in [2.24, 2.45) is 0 Å². The fourth-order valence-corrected chi connectivity index (χ4v) is 2.58. The van der Waals surface area contributed by atoms with Crippen LogP contribution in [0.1, 0.15) is 15.9 Å². The summed E-state index contributed by atoms with van der Waals surface area (Å²) in [5.41, 5.74) is 1.96. The lowest BCUT2D eigenvalue weighted by atomic mass is 10.1. The first-order valence-corrected chi connectivity index (χ1v) is 8.64. The number of hydrogen-bond donors (Lipinski definition) is 2. The van der Waals surface area contributed by atoms with Crippen LogP contribution in [0.2, 0.25) is 0 Å². The molecule has 3 rings (SSSR count). The van der Waals surface area contributed by atoms with Gasteiger partial charge in [0.15, 0.2) is 11.6 Å². The first kappa shape index (κ1) is 19.3. The van der Waals surface area contributed by atoms with Crippen LogP contribution in [0.4, 0.5) is 20.3 Å². The molecule has 0 aliphatic rings. The summed E-state index contributed by atoms with van der Waals surface area (Å²) >= 11 is 0. The lowest BCUT2D eigenvalue weighted by Gasteiger charge is -2.09. The van der Waals surface area contributed by atoms with Gasteiger partial charge in [0.1, 0.15) is 11.6 Å². The number of hydrogen-bond acceptors (Lipinski definition) is 4. The first-order chi connectivity index (χ1) is 13.5. The highest BCUT2D eigenvalue weighted by molar-refractivity contribution is 6.03. The molecule has 0 radical (unpaired) electrons. The molecule has 7 heteroatoms. The molecule has 1 heterocycles. The minimum atomic E-state index is -1.07. The zero-order chi connectivity index (χ0) is 19.9. The molecule has 0 spiro atoms. The standard InChI is InChI=1S/C21H19F2N3O2/c1-28-17-4-2-3-14(11-17)9-10-24-16-6-8-20(25-13-16)26-21(27)15-5-7-18(22)19(23)12-15/h2-8,11-13,24H,9-10H2,1H3,(H,25,26,27). The van der Waals surface area contributed by atoms with E-state index < -0.39 is 17.5 Å². The predicted octanol–water partition coefficient (Wildman–Crippen LogP) is 4.28. The highest BCUT2D eigenvalue weighted by atomic mass is 19.2. The van der Waals surface area contributed by atoms with E-state index in [9.17, 15) is 13.6 Å². The summed E-state index contributed by atoms with van der Waals surface area (Å²) in [6, 6.07) is 14.2. The summed E-state index contributed by atoms with van der Waals surface area (Å²) in [6.07, 6.45) is 2.40. The van der Waals surface area contributed by atoms with Crippen molar-refractivity contribution in [1.82, 2.24) is 4.98 Å². The molecule has 5 nitrogen and oxygen atoms in total. The molecule has 3 aromatic rings. The topological polar surface area (TPSA) is 63.2 Å². The van der Waals surface area contributed by atoms with Crippen LogP contribution >= 0.6 is 0 Å². The normalized spacial score (nSPS) is 10.4. The molecular formula is C21H19F2N3O2. The predicted molar refractivity (Wildman–Crippen MR) is 104 cm³/mol. The van der Waals surface area contributed by atoms with Crippen molar-refractivity contribution in [3.05, 3.63) is 83.6 Å². The lowest BCUT2D eigenvalue weighted by molar-refractivity contribution is 0.102. The summed E-state index contributed by atoms with van der Waals surface area (Å²) in [4.78, 5) is 16.2. The molecular weight excluding hydrogens is 364 g/mol. The number of amides is 1. The fraction of sp³-hybridized carbons (Fsp3) is 0.143. The highest BCUT2D eigenvalue weighted by Gasteiger charge is 2.10. The zero-order valence-electron chi connectivity index (χ0n) is 15.2. The Kier molecular flexibility index (Phi) is 6.16. The fourth-order valence-electron chi connectivity index (χ4n) is 2.58. The van der Waals surface area contributed by atoms with E-state index in [0.29, 0.717) is 12.4 Å². The summed E-state index contributed by atoms with van der Waals surface area (Å²) in [5.74, 6) is -1.51. The molecule has 0 saturated carbocycles. The Balaban J connectivity index is 1.52. The summed E-state index contributed by atoms with van der Waals surface area (Å²) in [5, 5.41) is 5.80. The van der Waals surface area contributed by atoms with E-state index >= 15 is 0 Å². The van der Waals surface area contributed by atoms with Gasteiger partial charge in [-0.2, -0.15) is 0 Å². The molecule has 0 fully saturated rings. The summed E-state index contributed by atoms with van der Waals surface area (Å²) in [6.45, 7) is 0.704. The van der Waals surface area contributed by atoms with Crippen LogP contribution in [-0.4, -0.2) is 24.5 Å². The van der Waals surface area contributed by atoms with Crippen LogP contribution in [0, 0.1) is 11.6 Å². The van der Waals surface area contributed by atoms with Gasteiger partial charge in [-0.05, 0) is 54.4 Å². The molecule has 0 unspecified atom stereocenters. The number of carbonyl (C=O) groups is 1. The molecule has 2 aromatic carbocycles. The van der Waals surface area contributed by atoms with Crippen LogP contribution in [0.5, 0.6) is 5.75 Å². The lowest BCUT2D eigenvalue weighted by Crippen LogP contribution is -2.13. The molecule has 0 aliphatic carbocycles. The number of ether oxygens (including phenoxy) is 1. The third-order valence-electron chi connectivity index (χ3n) is 4.06. The molecule has 0 atom stereocenters. The molecule has 28 heavy (non-hydrogen) atoms. The van der Waals surface area contributed by atoms with Gasteiger partial charge >= 0.3 is 0 Å². The third kappa shape index (κ3) is 5.03. The number of halogens is 2. The maximum absolute atomic E-state index is 13.2. The van der Waals surface area contributed by atoms with Gasteiger partial charge in [-0.25, -0.2) is 13.8 Å². The third-order valence-corrected chi connectivity index (χ3v) is 4.06. The van der Waals surface area contributed by atoms with Gasteiger partial charge in [0.2, 0.25) is 0 Å². The number of anilines is 2. The second-order valence-corrected chi connectivity index (χ2v) is 6.04. The first-order valence-electron chi connectivity index (χ1n) is 8.64. The Labute approximate surface area is 161 Å². The zero-order valence-corrected chi connectivity index (χ0v) is 15.2. The van der Waals surface area contributed by atoms with Gasteiger partial charge in [0, 0.05) is 12.1 Å². The number of carbonyl (C=O) groups excluding carboxylic acids is 1. The van der Waals surface area contributed by atoms with Gasteiger partial charge in [0.25, 0.3) is 5.91 Å². The molecule has 1 aromatic heterocycles. The molecule has 144 valence electrons. The highest BCUT2D eigenvalue weighted by Crippen LogP contribution is 2.15. The van der Waals surface area contributed by atoms with Crippen LogP contribution in [-0.2, 0) is 6.42 Å². The Morgan fingerprint density at radius 1 is 1.07 bits per heavy atom. The number of pyridine rings is 1. The summed E-state index contributed by atoms with van der Waals surface area (Å²) in [7, 11) is 1.63. The van der Waals surface area contributed by atoms with E-state index in [1.807, 2.05) is 24.3 Å². The molecule has 1 amide bonds. The van der Waals surface area contributed by atoms with E-state index in [0.717, 1.165) is 35.6 Å². The summed E-state index contributed by atoms with van der Waals surface area (Å²) < 4.78 is 31.4.